The standard InChI is InChI=1S/C28H34N2O5/c1-4-10-25(26(31)29-19(3)12-9-11-18(2)27(32)33)30-28(34)35-17-24-22-15-7-5-13-20(22)21-14-6-8-16-23(21)24/h4-8,13-16,18-19,24-25H,1,9-12,17H2,2-3H3,(H,29,31)(H,30,34)(H,32,33). The molecule has 0 fully saturated rings. The highest BCUT2D eigenvalue weighted by atomic mass is 16.5. The second kappa shape index (κ2) is 12.2. The molecule has 186 valence electrons. The molecule has 0 radical (unpaired) electrons. The van der Waals surface area contributed by atoms with Crippen LogP contribution in [0.4, 0.5) is 4.79 Å². The highest BCUT2D eigenvalue weighted by Gasteiger charge is 2.29. The Morgan fingerprint density at radius 1 is 1.00 bits per heavy atom. The minimum atomic E-state index is -0.819. The van der Waals surface area contributed by atoms with Crippen molar-refractivity contribution in [2.75, 3.05) is 6.61 Å². The summed E-state index contributed by atoms with van der Waals surface area (Å²) < 4.78 is 5.57. The molecule has 3 unspecified atom stereocenters. The zero-order valence-electron chi connectivity index (χ0n) is 20.3. The summed E-state index contributed by atoms with van der Waals surface area (Å²) in [6, 6.07) is 15.2. The van der Waals surface area contributed by atoms with Crippen LogP contribution in [0.3, 0.4) is 0 Å². The summed E-state index contributed by atoms with van der Waals surface area (Å²) in [4.78, 5) is 36.3. The number of carbonyl (C=O) groups excluding carboxylic acids is 2. The number of fused-ring (bicyclic) bond motifs is 3. The number of ether oxygens (including phenoxy) is 1. The number of rotatable bonds is 12. The quantitative estimate of drug-likeness (QED) is 0.378. The molecule has 0 saturated heterocycles. The number of hydrogen-bond donors (Lipinski definition) is 3. The van der Waals surface area contributed by atoms with Crippen molar-refractivity contribution in [3.8, 4) is 11.1 Å². The average Bonchev–Trinajstić information content (AvgIpc) is 3.16. The van der Waals surface area contributed by atoms with E-state index in [0.717, 1.165) is 22.3 Å². The molecule has 2 amide bonds. The van der Waals surface area contributed by atoms with Gasteiger partial charge in [0.15, 0.2) is 0 Å². The Morgan fingerprint density at radius 3 is 2.17 bits per heavy atom. The smallest absolute Gasteiger partial charge is 0.407 e. The van der Waals surface area contributed by atoms with Crippen molar-refractivity contribution in [2.45, 2.75) is 57.5 Å². The highest BCUT2D eigenvalue weighted by molar-refractivity contribution is 5.86. The lowest BCUT2D eigenvalue weighted by Crippen LogP contribution is -2.49. The topological polar surface area (TPSA) is 105 Å². The van der Waals surface area contributed by atoms with Gasteiger partial charge in [-0.05, 0) is 48.4 Å². The Labute approximate surface area is 206 Å². The van der Waals surface area contributed by atoms with Gasteiger partial charge >= 0.3 is 12.1 Å². The summed E-state index contributed by atoms with van der Waals surface area (Å²) >= 11 is 0. The van der Waals surface area contributed by atoms with E-state index in [4.69, 9.17) is 9.84 Å². The molecule has 1 aliphatic rings. The van der Waals surface area contributed by atoms with Crippen LogP contribution in [-0.2, 0) is 14.3 Å². The van der Waals surface area contributed by atoms with Crippen LogP contribution < -0.4 is 10.6 Å². The van der Waals surface area contributed by atoms with Crippen molar-refractivity contribution >= 4 is 18.0 Å². The van der Waals surface area contributed by atoms with E-state index in [9.17, 15) is 14.4 Å². The molecule has 0 aliphatic heterocycles. The van der Waals surface area contributed by atoms with E-state index in [0.29, 0.717) is 19.3 Å². The van der Waals surface area contributed by atoms with Crippen molar-refractivity contribution in [1.82, 2.24) is 10.6 Å². The first kappa shape index (κ1) is 26.0. The predicted molar refractivity (Wildman–Crippen MR) is 135 cm³/mol. The van der Waals surface area contributed by atoms with Gasteiger partial charge in [0.25, 0.3) is 0 Å². The molecule has 3 atom stereocenters. The van der Waals surface area contributed by atoms with E-state index in [-0.39, 0.29) is 30.9 Å². The third-order valence-corrected chi connectivity index (χ3v) is 6.44. The Morgan fingerprint density at radius 2 is 1.60 bits per heavy atom. The number of carboxylic acid groups (broad SMARTS) is 1. The fourth-order valence-corrected chi connectivity index (χ4v) is 4.45. The van der Waals surface area contributed by atoms with Gasteiger partial charge in [-0.2, -0.15) is 0 Å². The largest absolute Gasteiger partial charge is 0.481 e. The average molecular weight is 479 g/mol. The third kappa shape index (κ3) is 6.72. The van der Waals surface area contributed by atoms with Gasteiger partial charge < -0.3 is 20.5 Å². The van der Waals surface area contributed by atoms with Gasteiger partial charge in [0.05, 0.1) is 5.92 Å². The molecule has 3 N–H and O–H groups in total. The lowest BCUT2D eigenvalue weighted by molar-refractivity contribution is -0.141. The number of carbonyl (C=O) groups is 3. The Balaban J connectivity index is 1.53. The maximum Gasteiger partial charge on any atom is 0.407 e. The molecule has 0 aromatic heterocycles. The lowest BCUT2D eigenvalue weighted by Gasteiger charge is -2.21. The molecule has 7 heteroatoms. The minimum absolute atomic E-state index is 0.0620. The van der Waals surface area contributed by atoms with Crippen LogP contribution in [0.2, 0.25) is 0 Å². The predicted octanol–water partition coefficient (Wildman–Crippen LogP) is 4.87. The summed E-state index contributed by atoms with van der Waals surface area (Å²) in [6.45, 7) is 7.39. The Hall–Kier alpha value is -3.61. The van der Waals surface area contributed by atoms with Gasteiger partial charge in [0.2, 0.25) is 5.91 Å². The van der Waals surface area contributed by atoms with E-state index in [2.05, 4.69) is 29.3 Å². The molecule has 3 rings (SSSR count). The summed E-state index contributed by atoms with van der Waals surface area (Å²) in [5.41, 5.74) is 4.53. The lowest BCUT2D eigenvalue weighted by atomic mass is 9.98. The van der Waals surface area contributed by atoms with Gasteiger partial charge in [-0.15, -0.1) is 6.58 Å². The van der Waals surface area contributed by atoms with Crippen LogP contribution in [0.1, 0.15) is 56.6 Å². The molecule has 7 nitrogen and oxygen atoms in total. The van der Waals surface area contributed by atoms with Crippen LogP contribution in [0.15, 0.2) is 61.2 Å². The van der Waals surface area contributed by atoms with Crippen LogP contribution >= 0.6 is 0 Å². The maximum absolute atomic E-state index is 12.7. The normalized spacial score (nSPS) is 14.7. The summed E-state index contributed by atoms with van der Waals surface area (Å²) in [5, 5.41) is 14.5. The first-order valence-electron chi connectivity index (χ1n) is 12.1. The van der Waals surface area contributed by atoms with Crippen LogP contribution in [0.5, 0.6) is 0 Å². The molecule has 35 heavy (non-hydrogen) atoms. The third-order valence-electron chi connectivity index (χ3n) is 6.44. The number of benzene rings is 2. The van der Waals surface area contributed by atoms with Crippen LogP contribution in [0, 0.1) is 5.92 Å². The number of hydrogen-bond acceptors (Lipinski definition) is 4. The van der Waals surface area contributed by atoms with E-state index in [1.807, 2.05) is 43.3 Å². The maximum atomic E-state index is 12.7. The van der Waals surface area contributed by atoms with Gasteiger partial charge in [-0.3, -0.25) is 9.59 Å². The van der Waals surface area contributed by atoms with Crippen molar-refractivity contribution < 1.29 is 24.2 Å². The first-order chi connectivity index (χ1) is 16.8. The fourth-order valence-electron chi connectivity index (χ4n) is 4.45. The fraction of sp³-hybridized carbons (Fsp3) is 0.393. The highest BCUT2D eigenvalue weighted by Crippen LogP contribution is 2.44. The first-order valence-corrected chi connectivity index (χ1v) is 12.1. The van der Waals surface area contributed by atoms with Crippen molar-refractivity contribution in [2.24, 2.45) is 5.92 Å². The monoisotopic (exact) mass is 478 g/mol. The SMILES string of the molecule is C=CCC(NC(=O)OCC1c2ccccc2-c2ccccc21)C(=O)NC(C)CCCC(C)C(=O)O. The molecule has 0 saturated carbocycles. The van der Waals surface area contributed by atoms with E-state index < -0.39 is 24.0 Å². The van der Waals surface area contributed by atoms with Crippen LogP contribution in [0.25, 0.3) is 11.1 Å². The second-order valence-electron chi connectivity index (χ2n) is 9.13. The number of aliphatic carboxylic acids is 1. The molecule has 0 spiro atoms. The van der Waals surface area contributed by atoms with E-state index >= 15 is 0 Å². The number of nitrogens with one attached hydrogen (secondary N) is 2. The molecule has 2 aromatic carbocycles. The molecule has 2 aromatic rings. The molecule has 0 bridgehead atoms. The molecular formula is C28H34N2O5. The van der Waals surface area contributed by atoms with Gasteiger partial charge in [-0.1, -0.05) is 68.0 Å². The molecule has 0 heterocycles. The number of amides is 2. The second-order valence-corrected chi connectivity index (χ2v) is 9.13. The van der Waals surface area contributed by atoms with Crippen LogP contribution in [-0.4, -0.2) is 41.8 Å². The zero-order chi connectivity index (χ0) is 25.4. The Bertz CT molecular complexity index is 1020. The minimum Gasteiger partial charge on any atom is -0.481 e. The molecule has 1 aliphatic carbocycles. The number of carboxylic acids is 1. The zero-order valence-corrected chi connectivity index (χ0v) is 20.3. The Kier molecular flexibility index (Phi) is 9.06. The van der Waals surface area contributed by atoms with Crippen molar-refractivity contribution in [1.29, 1.82) is 0 Å². The van der Waals surface area contributed by atoms with Crippen molar-refractivity contribution in [3.05, 3.63) is 72.3 Å². The van der Waals surface area contributed by atoms with Gasteiger partial charge in [0, 0.05) is 12.0 Å². The molecular weight excluding hydrogens is 444 g/mol. The van der Waals surface area contributed by atoms with E-state index in [1.54, 1.807) is 13.0 Å². The summed E-state index contributed by atoms with van der Waals surface area (Å²) in [6.07, 6.45) is 3.06. The summed E-state index contributed by atoms with van der Waals surface area (Å²) in [7, 11) is 0. The van der Waals surface area contributed by atoms with Crippen molar-refractivity contribution in [3.63, 3.8) is 0 Å². The summed E-state index contributed by atoms with van der Waals surface area (Å²) in [5.74, 6) is -1.62. The van der Waals surface area contributed by atoms with Gasteiger partial charge in [-0.25, -0.2) is 4.79 Å². The number of alkyl carbamates (subject to hydrolysis) is 1. The van der Waals surface area contributed by atoms with Gasteiger partial charge in [0.1, 0.15) is 12.6 Å². The van der Waals surface area contributed by atoms with E-state index in [1.165, 1.54) is 0 Å².